The fourth-order valence-corrected chi connectivity index (χ4v) is 4.15. The molecule has 7 nitrogen and oxygen atoms in total. The number of benzene rings is 3. The minimum absolute atomic E-state index is 0.118. The van der Waals surface area contributed by atoms with Crippen molar-refractivity contribution in [3.8, 4) is 11.4 Å². The van der Waals surface area contributed by atoms with Gasteiger partial charge in [-0.05, 0) is 35.4 Å². The molecule has 4 rings (SSSR count). The van der Waals surface area contributed by atoms with Crippen molar-refractivity contribution in [2.24, 2.45) is 0 Å². The summed E-state index contributed by atoms with van der Waals surface area (Å²) in [7, 11) is 0. The standard InChI is InChI=1S/C24H19Cl3N4O3/c25-17-9-19(24(33)34)23(32)22(10-17)31-14-18(28-29-31)13-30(11-15-5-1-3-7-20(15)26)12-16-6-2-4-8-21(16)27/h1-10,14,32H,11-13H2,(H,33,34). The molecule has 0 amide bonds. The zero-order chi connectivity index (χ0) is 24.2. The van der Waals surface area contributed by atoms with E-state index < -0.39 is 11.7 Å². The SMILES string of the molecule is O=C(O)c1cc(Cl)cc(-n2cc(CN(Cc3ccccc3Cl)Cc3ccccc3Cl)nn2)c1O. The number of nitrogens with zero attached hydrogens (tertiary/aromatic N) is 4. The second-order valence-electron chi connectivity index (χ2n) is 7.61. The Balaban J connectivity index is 1.63. The van der Waals surface area contributed by atoms with E-state index in [4.69, 9.17) is 34.8 Å². The molecule has 0 unspecified atom stereocenters. The Morgan fingerprint density at radius 3 is 2.06 bits per heavy atom. The Hall–Kier alpha value is -3.10. The van der Waals surface area contributed by atoms with Crippen molar-refractivity contribution in [1.82, 2.24) is 19.9 Å². The van der Waals surface area contributed by atoms with E-state index in [1.807, 2.05) is 48.5 Å². The summed E-state index contributed by atoms with van der Waals surface area (Å²) in [5, 5.41) is 29.5. The Bertz CT molecular complexity index is 1300. The average Bonchev–Trinajstić information content (AvgIpc) is 3.26. The maximum absolute atomic E-state index is 11.4. The number of aromatic carboxylic acids is 1. The monoisotopic (exact) mass is 516 g/mol. The Morgan fingerprint density at radius 1 is 0.912 bits per heavy atom. The molecular formula is C24H19Cl3N4O3. The lowest BCUT2D eigenvalue weighted by molar-refractivity contribution is 0.0693. The molecule has 1 heterocycles. The van der Waals surface area contributed by atoms with Gasteiger partial charge in [0.25, 0.3) is 0 Å². The van der Waals surface area contributed by atoms with Gasteiger partial charge >= 0.3 is 5.97 Å². The van der Waals surface area contributed by atoms with Crippen LogP contribution < -0.4 is 0 Å². The van der Waals surface area contributed by atoms with Crippen LogP contribution in [0.15, 0.2) is 66.9 Å². The molecule has 0 radical (unpaired) electrons. The minimum Gasteiger partial charge on any atom is -0.505 e. The number of halogens is 3. The molecule has 3 aromatic carbocycles. The zero-order valence-electron chi connectivity index (χ0n) is 17.7. The molecule has 4 aromatic rings. The number of carboxylic acid groups (broad SMARTS) is 1. The summed E-state index contributed by atoms with van der Waals surface area (Å²) in [6.45, 7) is 1.45. The molecule has 2 N–H and O–H groups in total. The molecule has 0 aliphatic carbocycles. The van der Waals surface area contributed by atoms with Gasteiger partial charge in [-0.1, -0.05) is 76.4 Å². The number of rotatable bonds is 8. The van der Waals surface area contributed by atoms with Crippen molar-refractivity contribution in [3.63, 3.8) is 0 Å². The number of aromatic hydroxyl groups is 1. The molecule has 0 saturated carbocycles. The second kappa shape index (κ2) is 10.4. The Labute approximate surface area is 210 Å². The average molecular weight is 518 g/mol. The number of aromatic nitrogens is 3. The van der Waals surface area contributed by atoms with Crippen LogP contribution in [0.1, 0.15) is 27.2 Å². The van der Waals surface area contributed by atoms with Crippen LogP contribution in [0.4, 0.5) is 0 Å². The summed E-state index contributed by atoms with van der Waals surface area (Å²) in [6, 6.07) is 17.8. The lowest BCUT2D eigenvalue weighted by Crippen LogP contribution is -2.23. The van der Waals surface area contributed by atoms with Crippen molar-refractivity contribution >= 4 is 40.8 Å². The second-order valence-corrected chi connectivity index (χ2v) is 8.86. The van der Waals surface area contributed by atoms with Gasteiger partial charge in [0.15, 0.2) is 5.75 Å². The highest BCUT2D eigenvalue weighted by Crippen LogP contribution is 2.30. The van der Waals surface area contributed by atoms with Crippen molar-refractivity contribution in [2.75, 3.05) is 0 Å². The van der Waals surface area contributed by atoms with Crippen LogP contribution in [0, 0.1) is 0 Å². The third-order valence-electron chi connectivity index (χ3n) is 5.16. The van der Waals surface area contributed by atoms with Crippen LogP contribution in [0.3, 0.4) is 0 Å². The van der Waals surface area contributed by atoms with E-state index in [1.54, 1.807) is 6.20 Å². The van der Waals surface area contributed by atoms with Crippen LogP contribution >= 0.6 is 34.8 Å². The van der Waals surface area contributed by atoms with E-state index in [9.17, 15) is 15.0 Å². The molecule has 0 fully saturated rings. The van der Waals surface area contributed by atoms with E-state index in [0.717, 1.165) is 11.1 Å². The summed E-state index contributed by atoms with van der Waals surface area (Å²) < 4.78 is 1.30. The fraction of sp³-hybridized carbons (Fsp3) is 0.125. The third kappa shape index (κ3) is 5.51. The van der Waals surface area contributed by atoms with E-state index >= 15 is 0 Å². The fourth-order valence-electron chi connectivity index (χ4n) is 3.54. The Morgan fingerprint density at radius 2 is 1.50 bits per heavy atom. The topological polar surface area (TPSA) is 91.5 Å². The largest absolute Gasteiger partial charge is 0.505 e. The first-order valence-corrected chi connectivity index (χ1v) is 11.3. The minimum atomic E-state index is -1.30. The van der Waals surface area contributed by atoms with Gasteiger partial charge in [0, 0.05) is 34.7 Å². The number of hydrogen-bond donors (Lipinski definition) is 2. The first kappa shape index (κ1) is 24.0. The van der Waals surface area contributed by atoms with Gasteiger partial charge in [-0.15, -0.1) is 5.10 Å². The molecule has 1 aromatic heterocycles. The van der Waals surface area contributed by atoms with Gasteiger partial charge < -0.3 is 10.2 Å². The molecule has 0 saturated heterocycles. The van der Waals surface area contributed by atoms with Crippen molar-refractivity contribution in [2.45, 2.75) is 19.6 Å². The molecule has 0 bridgehead atoms. The van der Waals surface area contributed by atoms with Crippen LogP contribution in [-0.2, 0) is 19.6 Å². The van der Waals surface area contributed by atoms with E-state index in [-0.39, 0.29) is 16.3 Å². The van der Waals surface area contributed by atoms with Crippen LogP contribution in [0.25, 0.3) is 5.69 Å². The summed E-state index contributed by atoms with van der Waals surface area (Å²) >= 11 is 18.8. The highest BCUT2D eigenvalue weighted by molar-refractivity contribution is 6.32. The lowest BCUT2D eigenvalue weighted by Gasteiger charge is -2.22. The van der Waals surface area contributed by atoms with Crippen LogP contribution in [-0.4, -0.2) is 36.1 Å². The summed E-state index contributed by atoms with van der Waals surface area (Å²) in [6.07, 6.45) is 1.61. The van der Waals surface area contributed by atoms with Gasteiger partial charge in [-0.25, -0.2) is 9.48 Å². The molecule has 10 heteroatoms. The maximum atomic E-state index is 11.4. The predicted octanol–water partition coefficient (Wildman–Crippen LogP) is 5.83. The summed E-state index contributed by atoms with van der Waals surface area (Å²) in [4.78, 5) is 13.5. The smallest absolute Gasteiger partial charge is 0.339 e. The van der Waals surface area contributed by atoms with E-state index in [2.05, 4.69) is 15.2 Å². The van der Waals surface area contributed by atoms with Gasteiger partial charge in [0.1, 0.15) is 11.3 Å². The van der Waals surface area contributed by atoms with E-state index in [1.165, 1.54) is 16.8 Å². The lowest BCUT2D eigenvalue weighted by atomic mass is 10.1. The molecule has 0 spiro atoms. The highest BCUT2D eigenvalue weighted by atomic mass is 35.5. The van der Waals surface area contributed by atoms with Crippen molar-refractivity contribution in [3.05, 3.63) is 104 Å². The molecular weight excluding hydrogens is 499 g/mol. The number of carbonyl (C=O) groups is 1. The summed E-state index contributed by atoms with van der Waals surface area (Å²) in [5.41, 5.74) is 2.28. The normalized spacial score (nSPS) is 11.2. The van der Waals surface area contributed by atoms with E-state index in [0.29, 0.717) is 35.4 Å². The van der Waals surface area contributed by atoms with Gasteiger partial charge in [-0.3, -0.25) is 4.90 Å². The van der Waals surface area contributed by atoms with Gasteiger partial charge in [0.2, 0.25) is 0 Å². The van der Waals surface area contributed by atoms with Crippen molar-refractivity contribution in [1.29, 1.82) is 0 Å². The van der Waals surface area contributed by atoms with Crippen LogP contribution in [0.2, 0.25) is 15.1 Å². The third-order valence-corrected chi connectivity index (χ3v) is 6.12. The molecule has 34 heavy (non-hydrogen) atoms. The molecule has 0 atom stereocenters. The van der Waals surface area contributed by atoms with Crippen LogP contribution in [0.5, 0.6) is 5.75 Å². The summed E-state index contributed by atoms with van der Waals surface area (Å²) in [5.74, 6) is -1.75. The number of phenols is 1. The molecule has 0 aliphatic heterocycles. The van der Waals surface area contributed by atoms with Gasteiger partial charge in [-0.2, -0.15) is 0 Å². The maximum Gasteiger partial charge on any atom is 0.339 e. The Kier molecular flexibility index (Phi) is 7.38. The van der Waals surface area contributed by atoms with Gasteiger partial charge in [0.05, 0.1) is 11.9 Å². The quantitative estimate of drug-likeness (QED) is 0.305. The molecule has 0 aliphatic rings. The zero-order valence-corrected chi connectivity index (χ0v) is 20.0. The number of hydrogen-bond acceptors (Lipinski definition) is 5. The first-order valence-electron chi connectivity index (χ1n) is 10.2. The predicted molar refractivity (Wildman–Crippen MR) is 131 cm³/mol. The van der Waals surface area contributed by atoms with Crippen molar-refractivity contribution < 1.29 is 15.0 Å². The molecule has 174 valence electrons. The first-order chi connectivity index (χ1) is 16.3. The highest BCUT2D eigenvalue weighted by Gasteiger charge is 2.19. The number of carboxylic acids is 1.